The van der Waals surface area contributed by atoms with Crippen LogP contribution in [0.5, 0.6) is 5.75 Å². The van der Waals surface area contributed by atoms with Gasteiger partial charge in [-0.1, -0.05) is 6.07 Å². The van der Waals surface area contributed by atoms with Gasteiger partial charge in [0.05, 0.1) is 7.11 Å². The minimum Gasteiger partial charge on any atom is -0.497 e. The number of rotatable bonds is 4. The molecule has 4 heteroatoms. The lowest BCUT2D eigenvalue weighted by atomic mass is 10.1. The molecule has 0 heterocycles. The number of nitrogens with zero attached hydrogens (tertiary/aromatic N) is 1. The zero-order valence-corrected chi connectivity index (χ0v) is 11.1. The molecule has 0 saturated carbocycles. The Hall–Kier alpha value is -2.23. The van der Waals surface area contributed by atoms with Crippen LogP contribution >= 0.6 is 0 Å². The number of benzene rings is 2. The summed E-state index contributed by atoms with van der Waals surface area (Å²) < 4.78 is 18.0. The largest absolute Gasteiger partial charge is 0.497 e. The molecule has 0 saturated heterocycles. The number of methoxy groups -OCH3 is 1. The van der Waals surface area contributed by atoms with Gasteiger partial charge in [0.15, 0.2) is 0 Å². The third kappa shape index (κ3) is 3.16. The molecule has 0 spiro atoms. The topological polar surface area (TPSA) is 38.5 Å². The lowest BCUT2D eigenvalue weighted by Gasteiger charge is -2.20. The van der Waals surface area contributed by atoms with Gasteiger partial charge in [0.25, 0.3) is 0 Å². The van der Waals surface area contributed by atoms with E-state index in [9.17, 15) is 4.39 Å². The van der Waals surface area contributed by atoms with Gasteiger partial charge in [-0.2, -0.15) is 0 Å². The summed E-state index contributed by atoms with van der Waals surface area (Å²) in [6, 6.07) is 12.0. The van der Waals surface area contributed by atoms with E-state index in [4.69, 9.17) is 10.5 Å². The molecular formula is C15H17FN2O. The fourth-order valence-corrected chi connectivity index (χ4v) is 1.89. The predicted octanol–water partition coefficient (Wildman–Crippen LogP) is 3.05. The van der Waals surface area contributed by atoms with Crippen molar-refractivity contribution in [3.8, 4) is 5.75 Å². The molecule has 0 fully saturated rings. The number of nitrogens with two attached hydrogens (primary N) is 1. The van der Waals surface area contributed by atoms with Crippen LogP contribution in [0.1, 0.15) is 5.56 Å². The third-order valence-electron chi connectivity index (χ3n) is 3.03. The molecule has 2 aromatic carbocycles. The maximum atomic E-state index is 12.9. The van der Waals surface area contributed by atoms with Gasteiger partial charge in [-0.3, -0.25) is 0 Å². The van der Waals surface area contributed by atoms with Crippen molar-refractivity contribution in [3.63, 3.8) is 0 Å². The summed E-state index contributed by atoms with van der Waals surface area (Å²) in [7, 11) is 3.55. The smallest absolute Gasteiger partial charge is 0.123 e. The number of nitrogen functional groups attached to an aromatic ring is 1. The molecule has 2 aromatic rings. The van der Waals surface area contributed by atoms with Crippen molar-refractivity contribution in [3.05, 3.63) is 53.8 Å². The van der Waals surface area contributed by atoms with Crippen molar-refractivity contribution in [1.82, 2.24) is 0 Å². The van der Waals surface area contributed by atoms with Crippen LogP contribution in [0.15, 0.2) is 42.5 Å². The van der Waals surface area contributed by atoms with Crippen LogP contribution in [0.4, 0.5) is 15.8 Å². The second-order valence-corrected chi connectivity index (χ2v) is 4.40. The fraction of sp³-hybridized carbons (Fsp3) is 0.200. The van der Waals surface area contributed by atoms with Crippen molar-refractivity contribution in [1.29, 1.82) is 0 Å². The molecule has 0 bridgehead atoms. The van der Waals surface area contributed by atoms with Gasteiger partial charge in [-0.05, 0) is 35.9 Å². The van der Waals surface area contributed by atoms with Crippen LogP contribution < -0.4 is 15.4 Å². The molecule has 2 N–H and O–H groups in total. The van der Waals surface area contributed by atoms with E-state index in [1.165, 1.54) is 12.1 Å². The quantitative estimate of drug-likeness (QED) is 0.859. The average Bonchev–Trinajstić information content (AvgIpc) is 2.41. The van der Waals surface area contributed by atoms with Crippen LogP contribution in [-0.2, 0) is 6.54 Å². The van der Waals surface area contributed by atoms with E-state index in [1.807, 2.05) is 24.1 Å². The van der Waals surface area contributed by atoms with E-state index in [1.54, 1.807) is 25.3 Å². The molecule has 0 aliphatic carbocycles. The monoisotopic (exact) mass is 260 g/mol. The summed E-state index contributed by atoms with van der Waals surface area (Å²) in [4.78, 5) is 2.01. The van der Waals surface area contributed by atoms with Crippen molar-refractivity contribution in [2.75, 3.05) is 24.8 Å². The second kappa shape index (κ2) is 5.61. The second-order valence-electron chi connectivity index (χ2n) is 4.40. The molecule has 0 aliphatic heterocycles. The maximum absolute atomic E-state index is 12.9. The van der Waals surface area contributed by atoms with Gasteiger partial charge >= 0.3 is 0 Å². The number of hydrogen-bond acceptors (Lipinski definition) is 3. The molecule has 0 amide bonds. The highest BCUT2D eigenvalue weighted by molar-refractivity contribution is 5.54. The Morgan fingerprint density at radius 1 is 1.16 bits per heavy atom. The fourth-order valence-electron chi connectivity index (χ4n) is 1.89. The molecule has 0 aliphatic rings. The Bertz CT molecular complexity index is 555. The first kappa shape index (κ1) is 13.2. The molecule has 0 atom stereocenters. The maximum Gasteiger partial charge on any atom is 0.123 e. The van der Waals surface area contributed by atoms with Crippen LogP contribution in [-0.4, -0.2) is 14.2 Å². The van der Waals surface area contributed by atoms with E-state index < -0.39 is 0 Å². The van der Waals surface area contributed by atoms with E-state index in [2.05, 4.69) is 0 Å². The average molecular weight is 260 g/mol. The predicted molar refractivity (Wildman–Crippen MR) is 75.9 cm³/mol. The number of ether oxygens (including phenoxy) is 1. The van der Waals surface area contributed by atoms with Crippen LogP contribution in [0.2, 0.25) is 0 Å². The van der Waals surface area contributed by atoms with E-state index >= 15 is 0 Å². The molecule has 0 aromatic heterocycles. The SMILES string of the molecule is COc1ccc(CN(C)c2ccc(F)cc2)c(N)c1. The lowest BCUT2D eigenvalue weighted by Crippen LogP contribution is -2.17. The van der Waals surface area contributed by atoms with E-state index in [0.29, 0.717) is 12.2 Å². The van der Waals surface area contributed by atoms with Crippen LogP contribution in [0.3, 0.4) is 0 Å². The highest BCUT2D eigenvalue weighted by Crippen LogP contribution is 2.23. The first-order chi connectivity index (χ1) is 9.10. The minimum atomic E-state index is -0.235. The summed E-state index contributed by atoms with van der Waals surface area (Å²) in [5, 5.41) is 0. The minimum absolute atomic E-state index is 0.235. The molecular weight excluding hydrogens is 243 g/mol. The number of anilines is 2. The van der Waals surface area contributed by atoms with Gasteiger partial charge in [-0.25, -0.2) is 4.39 Å². The van der Waals surface area contributed by atoms with Crippen LogP contribution in [0.25, 0.3) is 0 Å². The summed E-state index contributed by atoms with van der Waals surface area (Å²) >= 11 is 0. The Morgan fingerprint density at radius 3 is 2.42 bits per heavy atom. The standard InChI is InChI=1S/C15H17FN2O/c1-18(13-6-4-12(16)5-7-13)10-11-3-8-14(19-2)9-15(11)17/h3-9H,10,17H2,1-2H3. The highest BCUT2D eigenvalue weighted by atomic mass is 19.1. The zero-order valence-electron chi connectivity index (χ0n) is 11.1. The van der Waals surface area contributed by atoms with Gasteiger partial charge in [0, 0.05) is 31.0 Å². The summed E-state index contributed by atoms with van der Waals surface area (Å²) in [5.41, 5.74) is 8.62. The van der Waals surface area contributed by atoms with Gasteiger partial charge < -0.3 is 15.4 Å². The van der Waals surface area contributed by atoms with Gasteiger partial charge in [0.2, 0.25) is 0 Å². The van der Waals surface area contributed by atoms with Gasteiger partial charge in [-0.15, -0.1) is 0 Å². The van der Waals surface area contributed by atoms with Crippen molar-refractivity contribution in [2.45, 2.75) is 6.54 Å². The van der Waals surface area contributed by atoms with Crippen molar-refractivity contribution < 1.29 is 9.13 Å². The normalized spacial score (nSPS) is 10.3. The van der Waals surface area contributed by atoms with Crippen molar-refractivity contribution >= 4 is 11.4 Å². The molecule has 2 rings (SSSR count). The lowest BCUT2D eigenvalue weighted by molar-refractivity contribution is 0.415. The molecule has 3 nitrogen and oxygen atoms in total. The molecule has 19 heavy (non-hydrogen) atoms. The summed E-state index contributed by atoms with van der Waals surface area (Å²) in [5.74, 6) is 0.506. The molecule has 0 radical (unpaired) electrons. The van der Waals surface area contributed by atoms with Crippen LogP contribution in [0, 0.1) is 5.82 Å². The zero-order chi connectivity index (χ0) is 13.8. The van der Waals surface area contributed by atoms with Gasteiger partial charge in [0.1, 0.15) is 11.6 Å². The van der Waals surface area contributed by atoms with E-state index in [0.717, 1.165) is 17.0 Å². The molecule has 0 unspecified atom stereocenters. The highest BCUT2D eigenvalue weighted by Gasteiger charge is 2.06. The first-order valence-electron chi connectivity index (χ1n) is 5.99. The number of halogens is 1. The third-order valence-corrected chi connectivity index (χ3v) is 3.03. The molecule has 100 valence electrons. The summed E-state index contributed by atoms with van der Waals surface area (Å²) in [6.45, 7) is 0.654. The Labute approximate surface area is 112 Å². The Balaban J connectivity index is 2.14. The Morgan fingerprint density at radius 2 is 1.84 bits per heavy atom. The van der Waals surface area contributed by atoms with E-state index in [-0.39, 0.29) is 5.82 Å². The Kier molecular flexibility index (Phi) is 3.90. The summed E-state index contributed by atoms with van der Waals surface area (Å²) in [6.07, 6.45) is 0. The van der Waals surface area contributed by atoms with Crippen molar-refractivity contribution in [2.24, 2.45) is 0 Å². The first-order valence-corrected chi connectivity index (χ1v) is 5.99. The number of hydrogen-bond donors (Lipinski definition) is 1.